The standard InChI is InChI=1S/C12H17Br2NOS/c1-8(17-3)6-15-7-9-4-10(13)5-11(14)12(9)16-2/h4-5,8,15H,6-7H2,1-3H3. The quantitative estimate of drug-likeness (QED) is 0.801. The van der Waals surface area contributed by atoms with Crippen LogP contribution in [0.2, 0.25) is 0 Å². The first kappa shape index (κ1) is 15.3. The summed E-state index contributed by atoms with van der Waals surface area (Å²) in [7, 11) is 1.70. The van der Waals surface area contributed by atoms with Crippen LogP contribution in [0.1, 0.15) is 12.5 Å². The largest absolute Gasteiger partial charge is 0.495 e. The second-order valence-corrected chi connectivity index (χ2v) is 6.80. The molecule has 0 saturated carbocycles. The fraction of sp³-hybridized carbons (Fsp3) is 0.500. The van der Waals surface area contributed by atoms with Gasteiger partial charge in [-0.2, -0.15) is 11.8 Å². The van der Waals surface area contributed by atoms with Gasteiger partial charge in [0.1, 0.15) is 5.75 Å². The van der Waals surface area contributed by atoms with Crippen molar-refractivity contribution in [3.63, 3.8) is 0 Å². The smallest absolute Gasteiger partial charge is 0.137 e. The molecule has 0 spiro atoms. The molecule has 5 heteroatoms. The van der Waals surface area contributed by atoms with Crippen molar-refractivity contribution in [3.05, 3.63) is 26.6 Å². The lowest BCUT2D eigenvalue weighted by Gasteiger charge is -2.14. The van der Waals surface area contributed by atoms with Crippen LogP contribution in [-0.4, -0.2) is 25.2 Å². The summed E-state index contributed by atoms with van der Waals surface area (Å²) in [5.41, 5.74) is 1.15. The maximum absolute atomic E-state index is 5.40. The van der Waals surface area contributed by atoms with Gasteiger partial charge in [-0.05, 0) is 34.3 Å². The first-order chi connectivity index (χ1) is 8.08. The number of hydrogen-bond donors (Lipinski definition) is 1. The molecule has 0 radical (unpaired) electrons. The summed E-state index contributed by atoms with van der Waals surface area (Å²) in [5, 5.41) is 4.06. The van der Waals surface area contributed by atoms with E-state index in [-0.39, 0.29) is 0 Å². The van der Waals surface area contributed by atoms with Gasteiger partial charge < -0.3 is 10.1 Å². The monoisotopic (exact) mass is 381 g/mol. The van der Waals surface area contributed by atoms with Gasteiger partial charge in [0, 0.05) is 28.4 Å². The van der Waals surface area contributed by atoms with Gasteiger partial charge in [0.05, 0.1) is 11.6 Å². The third-order valence-corrected chi connectivity index (χ3v) is 4.46. The first-order valence-corrected chi connectivity index (χ1v) is 8.21. The van der Waals surface area contributed by atoms with E-state index >= 15 is 0 Å². The number of hydrogen-bond acceptors (Lipinski definition) is 3. The fourth-order valence-electron chi connectivity index (χ4n) is 1.47. The molecule has 0 aliphatic heterocycles. The van der Waals surface area contributed by atoms with E-state index in [1.165, 1.54) is 0 Å². The highest BCUT2D eigenvalue weighted by Gasteiger charge is 2.09. The summed E-state index contributed by atoms with van der Waals surface area (Å²) in [6.07, 6.45) is 2.13. The van der Waals surface area contributed by atoms with Crippen LogP contribution in [0.25, 0.3) is 0 Å². The average Bonchev–Trinajstić information content (AvgIpc) is 2.28. The van der Waals surface area contributed by atoms with Gasteiger partial charge in [-0.25, -0.2) is 0 Å². The Morgan fingerprint density at radius 1 is 1.41 bits per heavy atom. The predicted molar refractivity (Wildman–Crippen MR) is 83.1 cm³/mol. The zero-order valence-electron chi connectivity index (χ0n) is 10.2. The van der Waals surface area contributed by atoms with Crippen molar-refractivity contribution in [1.82, 2.24) is 5.32 Å². The Morgan fingerprint density at radius 3 is 2.71 bits per heavy atom. The lowest BCUT2D eigenvalue weighted by molar-refractivity contribution is 0.405. The molecule has 0 fully saturated rings. The molecule has 1 aromatic rings. The molecule has 0 bridgehead atoms. The molecule has 0 aliphatic carbocycles. The summed E-state index contributed by atoms with van der Waals surface area (Å²) >= 11 is 8.86. The van der Waals surface area contributed by atoms with Gasteiger partial charge in [-0.3, -0.25) is 0 Å². The Labute approximate surface area is 124 Å². The van der Waals surface area contributed by atoms with Crippen molar-refractivity contribution in [2.45, 2.75) is 18.7 Å². The zero-order chi connectivity index (χ0) is 12.8. The van der Waals surface area contributed by atoms with E-state index in [1.54, 1.807) is 7.11 Å². The molecule has 0 aliphatic rings. The molecule has 2 nitrogen and oxygen atoms in total. The number of rotatable bonds is 6. The highest BCUT2D eigenvalue weighted by Crippen LogP contribution is 2.32. The molecule has 0 saturated heterocycles. The second-order valence-electron chi connectivity index (χ2n) is 3.76. The van der Waals surface area contributed by atoms with Gasteiger partial charge in [0.15, 0.2) is 0 Å². The molecule has 0 heterocycles. The van der Waals surface area contributed by atoms with Gasteiger partial charge in [0.2, 0.25) is 0 Å². The topological polar surface area (TPSA) is 21.3 Å². The fourth-order valence-corrected chi connectivity index (χ4v) is 3.23. The van der Waals surface area contributed by atoms with Crippen LogP contribution in [0.4, 0.5) is 0 Å². The van der Waals surface area contributed by atoms with Crippen LogP contribution in [0, 0.1) is 0 Å². The Kier molecular flexibility index (Phi) is 6.92. The highest BCUT2D eigenvalue weighted by atomic mass is 79.9. The van der Waals surface area contributed by atoms with E-state index in [1.807, 2.05) is 17.8 Å². The number of halogens is 2. The summed E-state index contributed by atoms with van der Waals surface area (Å²) in [4.78, 5) is 0. The molecule has 96 valence electrons. The van der Waals surface area contributed by atoms with E-state index in [9.17, 15) is 0 Å². The average molecular weight is 383 g/mol. The van der Waals surface area contributed by atoms with Gasteiger partial charge in [0.25, 0.3) is 0 Å². The molecule has 1 N–H and O–H groups in total. The van der Waals surface area contributed by atoms with Gasteiger partial charge >= 0.3 is 0 Å². The molecule has 1 rings (SSSR count). The first-order valence-electron chi connectivity index (χ1n) is 5.34. The van der Waals surface area contributed by atoms with E-state index in [0.29, 0.717) is 5.25 Å². The SMILES string of the molecule is COc1c(Br)cc(Br)cc1CNCC(C)SC. The van der Waals surface area contributed by atoms with Crippen molar-refractivity contribution in [3.8, 4) is 5.75 Å². The Hall–Kier alpha value is 0.290. The van der Waals surface area contributed by atoms with E-state index in [4.69, 9.17) is 4.74 Å². The number of thioether (sulfide) groups is 1. The summed E-state index contributed by atoms with van der Waals surface area (Å²) in [5.74, 6) is 0.900. The molecule has 1 aromatic carbocycles. The minimum Gasteiger partial charge on any atom is -0.495 e. The Balaban J connectivity index is 2.69. The van der Waals surface area contributed by atoms with Crippen LogP contribution >= 0.6 is 43.6 Å². The Bertz CT molecular complexity index is 374. The van der Waals surface area contributed by atoms with Crippen LogP contribution in [0.15, 0.2) is 21.1 Å². The lowest BCUT2D eigenvalue weighted by atomic mass is 10.2. The van der Waals surface area contributed by atoms with E-state index < -0.39 is 0 Å². The number of methoxy groups -OCH3 is 1. The molecular weight excluding hydrogens is 366 g/mol. The van der Waals surface area contributed by atoms with Crippen LogP contribution in [0.3, 0.4) is 0 Å². The zero-order valence-corrected chi connectivity index (χ0v) is 14.2. The Morgan fingerprint density at radius 2 is 2.12 bits per heavy atom. The molecule has 1 unspecified atom stereocenters. The lowest BCUT2D eigenvalue weighted by Crippen LogP contribution is -2.22. The van der Waals surface area contributed by atoms with Crippen LogP contribution in [-0.2, 0) is 6.54 Å². The third kappa shape index (κ3) is 4.81. The van der Waals surface area contributed by atoms with Crippen molar-refractivity contribution >= 4 is 43.6 Å². The molecule has 1 atom stereocenters. The summed E-state index contributed by atoms with van der Waals surface area (Å²) in [6, 6.07) is 4.08. The highest BCUT2D eigenvalue weighted by molar-refractivity contribution is 9.11. The summed E-state index contributed by atoms with van der Waals surface area (Å²) in [6.45, 7) is 4.02. The molecule has 0 aromatic heterocycles. The van der Waals surface area contributed by atoms with Crippen molar-refractivity contribution in [2.75, 3.05) is 19.9 Å². The minimum atomic E-state index is 0.622. The molecule has 0 amide bonds. The maximum atomic E-state index is 5.40. The van der Waals surface area contributed by atoms with Crippen molar-refractivity contribution < 1.29 is 4.74 Å². The van der Waals surface area contributed by atoms with E-state index in [0.717, 1.165) is 33.3 Å². The third-order valence-electron chi connectivity index (χ3n) is 2.44. The number of benzene rings is 1. The number of nitrogens with one attached hydrogen (secondary N) is 1. The predicted octanol–water partition coefficient (Wildman–Crippen LogP) is 4.06. The second kappa shape index (κ2) is 7.67. The maximum Gasteiger partial charge on any atom is 0.137 e. The van der Waals surface area contributed by atoms with Gasteiger partial charge in [-0.1, -0.05) is 22.9 Å². The molecule has 17 heavy (non-hydrogen) atoms. The normalized spacial score (nSPS) is 12.5. The number of ether oxygens (including phenoxy) is 1. The minimum absolute atomic E-state index is 0.622. The van der Waals surface area contributed by atoms with Crippen LogP contribution in [0.5, 0.6) is 5.75 Å². The van der Waals surface area contributed by atoms with E-state index in [2.05, 4.69) is 56.4 Å². The van der Waals surface area contributed by atoms with Crippen molar-refractivity contribution in [1.29, 1.82) is 0 Å². The summed E-state index contributed by atoms with van der Waals surface area (Å²) < 4.78 is 7.43. The van der Waals surface area contributed by atoms with Crippen molar-refractivity contribution in [2.24, 2.45) is 0 Å². The van der Waals surface area contributed by atoms with Gasteiger partial charge in [-0.15, -0.1) is 0 Å². The molecular formula is C12H17Br2NOS. The van der Waals surface area contributed by atoms with Crippen LogP contribution < -0.4 is 10.1 Å².